The molecule has 0 fully saturated rings. The Labute approximate surface area is 150 Å². The maximum atomic E-state index is 6.05. The maximum Gasteiger partial charge on any atom is 0.186 e. The van der Waals surface area contributed by atoms with Crippen LogP contribution in [0.4, 0.5) is 11.5 Å². The molecule has 4 aromatic rings. The summed E-state index contributed by atoms with van der Waals surface area (Å²) in [6.45, 7) is 0. The van der Waals surface area contributed by atoms with Gasteiger partial charge in [0, 0.05) is 17.8 Å². The smallest absolute Gasteiger partial charge is 0.186 e. The normalized spacial score (nSPS) is 18.9. The molecule has 0 saturated carbocycles. The SMILES string of the molecule is Nc1cccc(C2c3ccccc3CC2n2cc3c(N)ncnc3n2)c1. The summed E-state index contributed by atoms with van der Waals surface area (Å²) in [4.78, 5) is 8.32. The highest BCUT2D eigenvalue weighted by atomic mass is 15.3. The van der Waals surface area contributed by atoms with E-state index in [4.69, 9.17) is 16.6 Å². The van der Waals surface area contributed by atoms with E-state index in [9.17, 15) is 0 Å². The minimum absolute atomic E-state index is 0.141. The van der Waals surface area contributed by atoms with Crippen molar-refractivity contribution in [1.82, 2.24) is 19.7 Å². The molecule has 2 aromatic carbocycles. The molecule has 0 aliphatic heterocycles. The van der Waals surface area contributed by atoms with Gasteiger partial charge in [0.2, 0.25) is 0 Å². The molecular weight excluding hydrogens is 324 g/mol. The second kappa shape index (κ2) is 5.56. The van der Waals surface area contributed by atoms with Gasteiger partial charge in [-0.2, -0.15) is 5.10 Å². The van der Waals surface area contributed by atoms with Gasteiger partial charge in [-0.25, -0.2) is 9.97 Å². The zero-order valence-corrected chi connectivity index (χ0v) is 14.1. The lowest BCUT2D eigenvalue weighted by Gasteiger charge is -2.22. The van der Waals surface area contributed by atoms with Crippen molar-refractivity contribution in [3.05, 3.63) is 77.7 Å². The summed E-state index contributed by atoms with van der Waals surface area (Å²) in [5.41, 5.74) is 17.3. The first-order chi connectivity index (χ1) is 12.7. The zero-order chi connectivity index (χ0) is 17.7. The van der Waals surface area contributed by atoms with Crippen molar-refractivity contribution in [2.75, 3.05) is 11.5 Å². The average Bonchev–Trinajstić information content (AvgIpc) is 3.24. The first-order valence-electron chi connectivity index (χ1n) is 8.59. The van der Waals surface area contributed by atoms with Crippen LogP contribution >= 0.6 is 0 Å². The summed E-state index contributed by atoms with van der Waals surface area (Å²) >= 11 is 0. The summed E-state index contributed by atoms with van der Waals surface area (Å²) in [7, 11) is 0. The molecule has 1 aliphatic carbocycles. The predicted octanol–water partition coefficient (Wildman–Crippen LogP) is 2.92. The molecule has 2 heterocycles. The minimum atomic E-state index is 0.141. The highest BCUT2D eigenvalue weighted by molar-refractivity contribution is 5.84. The monoisotopic (exact) mass is 342 g/mol. The molecule has 2 aromatic heterocycles. The molecule has 0 radical (unpaired) electrons. The lowest BCUT2D eigenvalue weighted by molar-refractivity contribution is 0.439. The lowest BCUT2D eigenvalue weighted by atomic mass is 9.90. The molecule has 6 heteroatoms. The topological polar surface area (TPSA) is 95.6 Å². The number of fused-ring (bicyclic) bond motifs is 2. The second-order valence-corrected chi connectivity index (χ2v) is 6.72. The average molecular weight is 342 g/mol. The summed E-state index contributed by atoms with van der Waals surface area (Å²) in [5.74, 6) is 0.635. The van der Waals surface area contributed by atoms with E-state index in [1.807, 2.05) is 23.0 Å². The van der Waals surface area contributed by atoms with E-state index in [1.54, 1.807) is 0 Å². The van der Waals surface area contributed by atoms with Crippen molar-refractivity contribution < 1.29 is 0 Å². The molecule has 2 atom stereocenters. The molecule has 0 amide bonds. The molecule has 1 aliphatic rings. The number of hydrogen-bond donors (Lipinski definition) is 2. The van der Waals surface area contributed by atoms with Gasteiger partial charge < -0.3 is 11.5 Å². The Balaban J connectivity index is 1.68. The van der Waals surface area contributed by atoms with E-state index in [1.165, 1.54) is 23.0 Å². The van der Waals surface area contributed by atoms with Crippen LogP contribution in [0.1, 0.15) is 28.7 Å². The Morgan fingerprint density at radius 2 is 1.88 bits per heavy atom. The van der Waals surface area contributed by atoms with Gasteiger partial charge in [-0.3, -0.25) is 4.68 Å². The third-order valence-electron chi connectivity index (χ3n) is 5.18. The number of nitrogens with zero attached hydrogens (tertiary/aromatic N) is 4. The molecule has 26 heavy (non-hydrogen) atoms. The molecule has 0 saturated heterocycles. The zero-order valence-electron chi connectivity index (χ0n) is 14.1. The van der Waals surface area contributed by atoms with Crippen molar-refractivity contribution in [3.8, 4) is 0 Å². The van der Waals surface area contributed by atoms with Crippen LogP contribution in [0.25, 0.3) is 11.0 Å². The fourth-order valence-electron chi connectivity index (χ4n) is 4.02. The Hall–Kier alpha value is -3.41. The quantitative estimate of drug-likeness (QED) is 0.546. The van der Waals surface area contributed by atoms with Gasteiger partial charge in [0.15, 0.2) is 5.65 Å². The van der Waals surface area contributed by atoms with Crippen LogP contribution in [0.15, 0.2) is 61.1 Å². The molecule has 0 bridgehead atoms. The Morgan fingerprint density at radius 3 is 2.73 bits per heavy atom. The first kappa shape index (κ1) is 14.9. The van der Waals surface area contributed by atoms with Crippen LogP contribution in [0.2, 0.25) is 0 Å². The van der Waals surface area contributed by atoms with Crippen molar-refractivity contribution >= 4 is 22.5 Å². The van der Waals surface area contributed by atoms with Crippen LogP contribution in [0, 0.1) is 0 Å². The van der Waals surface area contributed by atoms with Crippen molar-refractivity contribution in [2.45, 2.75) is 18.4 Å². The second-order valence-electron chi connectivity index (χ2n) is 6.72. The van der Waals surface area contributed by atoms with E-state index in [0.717, 1.165) is 17.5 Å². The fraction of sp³-hybridized carbons (Fsp3) is 0.150. The number of anilines is 2. The van der Waals surface area contributed by atoms with Crippen LogP contribution in [0.3, 0.4) is 0 Å². The third kappa shape index (κ3) is 2.23. The van der Waals surface area contributed by atoms with Gasteiger partial charge >= 0.3 is 0 Å². The number of nitrogens with two attached hydrogens (primary N) is 2. The Kier molecular flexibility index (Phi) is 3.18. The molecule has 0 spiro atoms. The van der Waals surface area contributed by atoms with Crippen LogP contribution < -0.4 is 11.5 Å². The first-order valence-corrected chi connectivity index (χ1v) is 8.59. The maximum absolute atomic E-state index is 6.05. The van der Waals surface area contributed by atoms with Gasteiger partial charge in [0.1, 0.15) is 12.1 Å². The molecular formula is C20H18N6. The van der Waals surface area contributed by atoms with E-state index in [0.29, 0.717) is 11.5 Å². The molecule has 4 N–H and O–H groups in total. The minimum Gasteiger partial charge on any atom is -0.399 e. The largest absolute Gasteiger partial charge is 0.399 e. The van der Waals surface area contributed by atoms with Gasteiger partial charge in [-0.1, -0.05) is 36.4 Å². The number of hydrogen-bond acceptors (Lipinski definition) is 5. The Morgan fingerprint density at radius 1 is 1.00 bits per heavy atom. The third-order valence-corrected chi connectivity index (χ3v) is 5.18. The van der Waals surface area contributed by atoms with E-state index in [-0.39, 0.29) is 12.0 Å². The number of benzene rings is 2. The van der Waals surface area contributed by atoms with Crippen molar-refractivity contribution in [3.63, 3.8) is 0 Å². The van der Waals surface area contributed by atoms with E-state index >= 15 is 0 Å². The van der Waals surface area contributed by atoms with Crippen LogP contribution in [-0.2, 0) is 6.42 Å². The van der Waals surface area contributed by atoms with Crippen molar-refractivity contribution in [2.24, 2.45) is 0 Å². The van der Waals surface area contributed by atoms with Gasteiger partial charge in [-0.05, 0) is 35.2 Å². The number of rotatable bonds is 2. The van der Waals surface area contributed by atoms with Gasteiger partial charge in [-0.15, -0.1) is 0 Å². The highest BCUT2D eigenvalue weighted by Crippen LogP contribution is 2.45. The molecule has 5 rings (SSSR count). The summed E-state index contributed by atoms with van der Waals surface area (Å²) in [6.07, 6.45) is 4.31. The summed E-state index contributed by atoms with van der Waals surface area (Å²) in [5, 5.41) is 5.48. The molecule has 2 unspecified atom stereocenters. The summed E-state index contributed by atoms with van der Waals surface area (Å²) < 4.78 is 1.99. The molecule has 128 valence electrons. The van der Waals surface area contributed by atoms with Crippen LogP contribution in [-0.4, -0.2) is 19.7 Å². The van der Waals surface area contributed by atoms with E-state index < -0.39 is 0 Å². The number of nitrogen functional groups attached to an aromatic ring is 2. The molecule has 6 nitrogen and oxygen atoms in total. The number of aromatic nitrogens is 4. The van der Waals surface area contributed by atoms with Crippen molar-refractivity contribution in [1.29, 1.82) is 0 Å². The standard InChI is InChI=1S/C20H18N6/c21-14-6-3-5-13(8-14)18-15-7-2-1-4-12(15)9-17(18)26-10-16-19(22)23-11-24-20(16)25-26/h1-8,10-11,17-18H,9,21H2,(H2,22,23,24,25). The van der Waals surface area contributed by atoms with E-state index in [2.05, 4.69) is 46.4 Å². The van der Waals surface area contributed by atoms with Gasteiger partial charge in [0.05, 0.1) is 11.4 Å². The predicted molar refractivity (Wildman–Crippen MR) is 102 cm³/mol. The van der Waals surface area contributed by atoms with Gasteiger partial charge in [0.25, 0.3) is 0 Å². The fourth-order valence-corrected chi connectivity index (χ4v) is 4.02. The van der Waals surface area contributed by atoms with Crippen LogP contribution in [0.5, 0.6) is 0 Å². The Bertz CT molecular complexity index is 1120. The lowest BCUT2D eigenvalue weighted by Crippen LogP contribution is -2.16. The summed E-state index contributed by atoms with van der Waals surface area (Å²) in [6, 6.07) is 16.8. The highest BCUT2D eigenvalue weighted by Gasteiger charge is 2.35.